The lowest BCUT2D eigenvalue weighted by atomic mass is 10.1. The third-order valence-electron chi connectivity index (χ3n) is 4.84. The van der Waals surface area contributed by atoms with Crippen molar-refractivity contribution >= 4 is 22.6 Å². The Morgan fingerprint density at radius 3 is 2.85 bits per heavy atom. The summed E-state index contributed by atoms with van der Waals surface area (Å²) in [5, 5.41) is 11.5. The molecular weight excluding hydrogens is 328 g/mol. The third-order valence-corrected chi connectivity index (χ3v) is 4.84. The fourth-order valence-electron chi connectivity index (χ4n) is 3.55. The average Bonchev–Trinajstić information content (AvgIpc) is 3.32. The Morgan fingerprint density at radius 2 is 2.04 bits per heavy atom. The van der Waals surface area contributed by atoms with Gasteiger partial charge in [0.25, 0.3) is 5.91 Å². The molecule has 0 bridgehead atoms. The lowest BCUT2D eigenvalue weighted by Gasteiger charge is -2.12. The topological polar surface area (TPSA) is 69.0 Å². The van der Waals surface area contributed by atoms with Crippen LogP contribution in [0, 0.1) is 0 Å². The number of anilines is 1. The molecule has 0 saturated heterocycles. The summed E-state index contributed by atoms with van der Waals surface area (Å²) < 4.78 is 7.57. The minimum absolute atomic E-state index is 0.186. The van der Waals surface area contributed by atoms with Crippen LogP contribution < -0.4 is 10.1 Å². The van der Waals surface area contributed by atoms with Crippen molar-refractivity contribution in [2.24, 2.45) is 0 Å². The van der Waals surface area contributed by atoms with Gasteiger partial charge in [0.05, 0.1) is 23.9 Å². The summed E-state index contributed by atoms with van der Waals surface area (Å²) in [4.78, 5) is 12.7. The normalized spacial score (nSPS) is 14.7. The van der Waals surface area contributed by atoms with Crippen molar-refractivity contribution in [3.05, 3.63) is 48.0 Å². The number of ether oxygens (including phenoxy) is 1. The van der Waals surface area contributed by atoms with E-state index < -0.39 is 0 Å². The maximum Gasteiger partial charge on any atom is 0.255 e. The second-order valence-corrected chi connectivity index (χ2v) is 6.56. The van der Waals surface area contributed by atoms with Crippen LogP contribution in [-0.4, -0.2) is 27.5 Å². The number of rotatable bonds is 5. The smallest absolute Gasteiger partial charge is 0.255 e. The van der Waals surface area contributed by atoms with E-state index in [4.69, 9.17) is 4.74 Å². The summed E-state index contributed by atoms with van der Waals surface area (Å²) in [5.41, 5.74) is 2.96. The summed E-state index contributed by atoms with van der Waals surface area (Å²) >= 11 is 0. The van der Waals surface area contributed by atoms with Crippen molar-refractivity contribution in [1.82, 2.24) is 15.0 Å². The number of hydrogen-bond donors (Lipinski definition) is 1. The molecule has 1 aromatic heterocycles. The van der Waals surface area contributed by atoms with Crippen LogP contribution in [0.4, 0.5) is 5.69 Å². The molecule has 1 heterocycles. The van der Waals surface area contributed by atoms with Crippen LogP contribution in [0.1, 0.15) is 49.0 Å². The van der Waals surface area contributed by atoms with Gasteiger partial charge in [-0.15, -0.1) is 5.10 Å². The predicted molar refractivity (Wildman–Crippen MR) is 101 cm³/mol. The monoisotopic (exact) mass is 350 g/mol. The van der Waals surface area contributed by atoms with Crippen LogP contribution in [0.15, 0.2) is 42.5 Å². The van der Waals surface area contributed by atoms with Crippen LogP contribution >= 0.6 is 0 Å². The second kappa shape index (κ2) is 7.15. The standard InChI is InChI=1S/C20H22N4O2/c1-2-26-19-10-6-5-9-16(19)21-20(25)14-11-12-18-17(13-14)22-23-24(18)15-7-3-4-8-15/h5-6,9-13,15H,2-4,7-8H2,1H3,(H,21,25). The Hall–Kier alpha value is -2.89. The Bertz CT molecular complexity index is 928. The maximum atomic E-state index is 12.7. The van der Waals surface area contributed by atoms with E-state index in [0.717, 1.165) is 23.9 Å². The lowest BCUT2D eigenvalue weighted by molar-refractivity contribution is 0.102. The Morgan fingerprint density at radius 1 is 1.23 bits per heavy atom. The van der Waals surface area contributed by atoms with Gasteiger partial charge in [-0.05, 0) is 50.1 Å². The predicted octanol–water partition coefficient (Wildman–Crippen LogP) is 4.20. The molecule has 1 fully saturated rings. The zero-order valence-corrected chi connectivity index (χ0v) is 14.8. The van der Waals surface area contributed by atoms with Crippen molar-refractivity contribution < 1.29 is 9.53 Å². The van der Waals surface area contributed by atoms with Crippen LogP contribution in [0.2, 0.25) is 0 Å². The highest BCUT2D eigenvalue weighted by atomic mass is 16.5. The molecule has 3 aromatic rings. The van der Waals surface area contributed by atoms with E-state index in [1.807, 2.05) is 48.0 Å². The van der Waals surface area contributed by atoms with Gasteiger partial charge in [-0.1, -0.05) is 30.2 Å². The Balaban J connectivity index is 1.58. The second-order valence-electron chi connectivity index (χ2n) is 6.56. The first-order valence-corrected chi connectivity index (χ1v) is 9.14. The zero-order valence-electron chi connectivity index (χ0n) is 14.8. The van der Waals surface area contributed by atoms with E-state index in [1.165, 1.54) is 12.8 Å². The molecule has 6 nitrogen and oxygen atoms in total. The molecule has 1 saturated carbocycles. The molecule has 0 atom stereocenters. The SMILES string of the molecule is CCOc1ccccc1NC(=O)c1ccc2c(c1)nnn2C1CCCC1. The highest BCUT2D eigenvalue weighted by Gasteiger charge is 2.20. The zero-order chi connectivity index (χ0) is 17.9. The number of para-hydroxylation sites is 2. The fraction of sp³-hybridized carbons (Fsp3) is 0.350. The number of fused-ring (bicyclic) bond motifs is 1. The molecule has 0 spiro atoms. The van der Waals surface area contributed by atoms with Gasteiger partial charge in [0.15, 0.2) is 0 Å². The van der Waals surface area contributed by atoms with Crippen molar-refractivity contribution in [2.75, 3.05) is 11.9 Å². The van der Waals surface area contributed by atoms with Crippen molar-refractivity contribution in [1.29, 1.82) is 0 Å². The Kier molecular flexibility index (Phi) is 4.56. The van der Waals surface area contributed by atoms with Gasteiger partial charge in [-0.25, -0.2) is 4.68 Å². The summed E-state index contributed by atoms with van der Waals surface area (Å²) in [6.45, 7) is 2.46. The van der Waals surface area contributed by atoms with Gasteiger partial charge < -0.3 is 10.1 Å². The molecule has 26 heavy (non-hydrogen) atoms. The van der Waals surface area contributed by atoms with Crippen molar-refractivity contribution in [3.8, 4) is 5.75 Å². The molecule has 0 unspecified atom stereocenters. The maximum absolute atomic E-state index is 12.7. The molecule has 1 aliphatic carbocycles. The highest BCUT2D eigenvalue weighted by Crippen LogP contribution is 2.31. The molecule has 1 amide bonds. The molecule has 1 N–H and O–H groups in total. The van der Waals surface area contributed by atoms with Crippen LogP contribution in [-0.2, 0) is 0 Å². The van der Waals surface area contributed by atoms with E-state index in [-0.39, 0.29) is 5.91 Å². The quantitative estimate of drug-likeness (QED) is 0.749. The number of benzene rings is 2. The molecule has 1 aliphatic rings. The van der Waals surface area contributed by atoms with Crippen LogP contribution in [0.5, 0.6) is 5.75 Å². The van der Waals surface area contributed by atoms with Crippen LogP contribution in [0.3, 0.4) is 0 Å². The van der Waals surface area contributed by atoms with Gasteiger partial charge >= 0.3 is 0 Å². The number of amides is 1. The summed E-state index contributed by atoms with van der Waals surface area (Å²) in [7, 11) is 0. The van der Waals surface area contributed by atoms with Gasteiger partial charge in [0.2, 0.25) is 0 Å². The van der Waals surface area contributed by atoms with E-state index >= 15 is 0 Å². The molecule has 2 aromatic carbocycles. The molecule has 4 rings (SSSR count). The fourth-order valence-corrected chi connectivity index (χ4v) is 3.55. The van der Waals surface area contributed by atoms with Gasteiger partial charge in [-0.3, -0.25) is 4.79 Å². The molecule has 6 heteroatoms. The number of hydrogen-bond acceptors (Lipinski definition) is 4. The van der Waals surface area contributed by atoms with Crippen LogP contribution in [0.25, 0.3) is 11.0 Å². The van der Waals surface area contributed by atoms with E-state index in [9.17, 15) is 4.79 Å². The molecular formula is C20H22N4O2. The first kappa shape index (κ1) is 16.6. The number of carbonyl (C=O) groups is 1. The first-order valence-electron chi connectivity index (χ1n) is 9.14. The van der Waals surface area contributed by atoms with E-state index in [0.29, 0.717) is 29.6 Å². The number of carbonyl (C=O) groups excluding carboxylic acids is 1. The minimum Gasteiger partial charge on any atom is -0.492 e. The summed E-state index contributed by atoms with van der Waals surface area (Å²) in [6.07, 6.45) is 4.78. The summed E-state index contributed by atoms with van der Waals surface area (Å²) in [6, 6.07) is 13.4. The van der Waals surface area contributed by atoms with E-state index in [1.54, 1.807) is 6.07 Å². The number of aromatic nitrogens is 3. The molecule has 0 radical (unpaired) electrons. The highest BCUT2D eigenvalue weighted by molar-refractivity contribution is 6.06. The molecule has 0 aliphatic heterocycles. The largest absolute Gasteiger partial charge is 0.492 e. The number of nitrogens with zero attached hydrogens (tertiary/aromatic N) is 3. The summed E-state index contributed by atoms with van der Waals surface area (Å²) in [5.74, 6) is 0.478. The van der Waals surface area contributed by atoms with Gasteiger partial charge in [0.1, 0.15) is 11.3 Å². The van der Waals surface area contributed by atoms with Crippen molar-refractivity contribution in [3.63, 3.8) is 0 Å². The molecule has 134 valence electrons. The third kappa shape index (κ3) is 3.14. The Labute approximate surface area is 152 Å². The minimum atomic E-state index is -0.186. The van der Waals surface area contributed by atoms with E-state index in [2.05, 4.69) is 15.6 Å². The number of nitrogens with one attached hydrogen (secondary N) is 1. The first-order chi connectivity index (χ1) is 12.8. The van der Waals surface area contributed by atoms with Gasteiger partial charge in [-0.2, -0.15) is 0 Å². The average molecular weight is 350 g/mol. The van der Waals surface area contributed by atoms with Gasteiger partial charge in [0, 0.05) is 5.56 Å². The lowest BCUT2D eigenvalue weighted by Crippen LogP contribution is -2.13. The van der Waals surface area contributed by atoms with Crippen molar-refractivity contribution in [2.45, 2.75) is 38.6 Å².